The molecule has 1 N–H and O–H groups in total. The largest absolute Gasteiger partial charge is 0.464 e. The van der Waals surface area contributed by atoms with Gasteiger partial charge in [-0.05, 0) is 6.42 Å². The van der Waals surface area contributed by atoms with Gasteiger partial charge in [0.25, 0.3) is 10.0 Å². The molecular formula is C15H14F17NO4S. The number of rotatable bonds is 13. The summed E-state index contributed by atoms with van der Waals surface area (Å²) in [6.45, 7) is -0.345. The van der Waals surface area contributed by atoms with E-state index in [1.54, 1.807) is 0 Å². The minimum Gasteiger partial charge on any atom is -0.464 e. The Morgan fingerprint density at radius 1 is 0.684 bits per heavy atom. The number of halogens is 17. The molecule has 0 aliphatic carbocycles. The summed E-state index contributed by atoms with van der Waals surface area (Å²) in [5.74, 6) is -54.0. The Hall–Kier alpha value is -1.81. The molecule has 0 saturated heterocycles. The van der Waals surface area contributed by atoms with E-state index < -0.39 is 82.0 Å². The van der Waals surface area contributed by atoms with Crippen LogP contribution >= 0.6 is 0 Å². The number of carbonyl (C=O) groups excluding carboxylic acids is 1. The zero-order valence-electron chi connectivity index (χ0n) is 18.2. The second-order valence-corrected chi connectivity index (χ2v) is 9.14. The molecule has 23 heteroatoms. The third kappa shape index (κ3) is 5.31. The van der Waals surface area contributed by atoms with Crippen LogP contribution in [0, 0.1) is 5.92 Å². The van der Waals surface area contributed by atoms with E-state index in [1.807, 2.05) is 0 Å². The highest BCUT2D eigenvalue weighted by atomic mass is 32.2. The van der Waals surface area contributed by atoms with E-state index in [1.165, 1.54) is 13.8 Å². The van der Waals surface area contributed by atoms with Crippen molar-refractivity contribution in [1.29, 1.82) is 0 Å². The molecule has 0 aliphatic rings. The molecule has 0 rings (SSSR count). The highest BCUT2D eigenvalue weighted by Gasteiger charge is 2.96. The molecule has 228 valence electrons. The Labute approximate surface area is 200 Å². The lowest BCUT2D eigenvalue weighted by atomic mass is 9.91. The predicted octanol–water partition coefficient (Wildman–Crippen LogP) is 5.46. The minimum atomic E-state index is -8.90. The molecule has 0 radical (unpaired) electrons. The Morgan fingerprint density at radius 3 is 1.37 bits per heavy atom. The van der Waals surface area contributed by atoms with Gasteiger partial charge in [0.1, 0.15) is 6.61 Å². The molecule has 0 bridgehead atoms. The summed E-state index contributed by atoms with van der Waals surface area (Å²) in [6.07, 6.45) is -7.81. The van der Waals surface area contributed by atoms with E-state index in [9.17, 15) is 87.8 Å². The van der Waals surface area contributed by atoms with Crippen molar-refractivity contribution in [1.82, 2.24) is 4.72 Å². The molecule has 0 aromatic carbocycles. The fourth-order valence-corrected chi connectivity index (χ4v) is 3.04. The van der Waals surface area contributed by atoms with Crippen LogP contribution in [0.25, 0.3) is 0 Å². The molecule has 0 aliphatic heterocycles. The Balaban J connectivity index is 6.39. The minimum absolute atomic E-state index is 0.0940. The molecule has 0 aromatic rings. The standard InChI is InChI=1S/C15H14F17NO4S/c1-3-6(2)7(34)37-5-4-33-38(35,36)15(31,32)13(26,27)11(22,23)9(18,19)8(16,17)10(20,21)12(24,25)14(28,29)30/h6,33H,3-5H2,1-2H3. The number of nitrogens with one attached hydrogen (secondary N) is 1. The first-order valence-corrected chi connectivity index (χ1v) is 10.7. The van der Waals surface area contributed by atoms with Gasteiger partial charge in [0.2, 0.25) is 0 Å². The highest BCUT2D eigenvalue weighted by molar-refractivity contribution is 7.90. The highest BCUT2D eigenvalue weighted by Crippen LogP contribution is 2.64. The zero-order valence-corrected chi connectivity index (χ0v) is 19.0. The zero-order chi connectivity index (χ0) is 31.2. The number of alkyl halides is 17. The quantitative estimate of drug-likeness (QED) is 0.167. The van der Waals surface area contributed by atoms with Crippen LogP contribution in [0.1, 0.15) is 20.3 Å². The monoisotopic (exact) mass is 627 g/mol. The van der Waals surface area contributed by atoms with Gasteiger partial charge in [-0.3, -0.25) is 4.79 Å². The number of carbonyl (C=O) groups is 1. The van der Waals surface area contributed by atoms with E-state index in [0.29, 0.717) is 4.72 Å². The van der Waals surface area contributed by atoms with Gasteiger partial charge in [0, 0.05) is 6.54 Å². The molecule has 0 fully saturated rings. The molecule has 38 heavy (non-hydrogen) atoms. The topological polar surface area (TPSA) is 72.5 Å². The summed E-state index contributed by atoms with van der Waals surface area (Å²) in [6, 6.07) is 0. The van der Waals surface area contributed by atoms with Gasteiger partial charge in [-0.15, -0.1) is 0 Å². The maximum atomic E-state index is 13.8. The lowest BCUT2D eigenvalue weighted by molar-refractivity contribution is -0.458. The Kier molecular flexibility index (Phi) is 9.81. The number of hydrogen-bond acceptors (Lipinski definition) is 4. The fourth-order valence-electron chi connectivity index (χ4n) is 2.05. The second kappa shape index (κ2) is 10.3. The normalized spacial score (nSPS) is 16.4. The average Bonchev–Trinajstić information content (AvgIpc) is 2.73. The first-order valence-electron chi connectivity index (χ1n) is 9.24. The molecule has 5 nitrogen and oxygen atoms in total. The summed E-state index contributed by atoms with van der Waals surface area (Å²) >= 11 is 0. The summed E-state index contributed by atoms with van der Waals surface area (Å²) in [4.78, 5) is 11.3. The van der Waals surface area contributed by atoms with Gasteiger partial charge in [-0.25, -0.2) is 13.1 Å². The van der Waals surface area contributed by atoms with Gasteiger partial charge in [0.05, 0.1) is 5.92 Å². The molecule has 0 amide bonds. The summed E-state index contributed by atoms with van der Waals surface area (Å²) in [7, 11) is -7.42. The van der Waals surface area contributed by atoms with Crippen molar-refractivity contribution in [2.45, 2.75) is 67.2 Å². The third-order valence-electron chi connectivity index (χ3n) is 4.68. The summed E-state index contributed by atoms with van der Waals surface area (Å²) < 4.78 is 251. The lowest BCUT2D eigenvalue weighted by Crippen LogP contribution is -2.75. The van der Waals surface area contributed by atoms with Crippen LogP contribution in [0.3, 0.4) is 0 Å². The van der Waals surface area contributed by atoms with Gasteiger partial charge in [-0.2, -0.15) is 74.6 Å². The lowest BCUT2D eigenvalue weighted by Gasteiger charge is -2.42. The molecule has 0 saturated carbocycles. The third-order valence-corrected chi connectivity index (χ3v) is 6.20. The SMILES string of the molecule is CCC(C)C(=O)OCCNS(=O)(=O)C(F)(F)C(F)(F)C(F)(F)C(F)(F)C(F)(F)C(F)(F)C(F)(F)C(F)(F)F. The van der Waals surface area contributed by atoms with Crippen molar-refractivity contribution < 1.29 is 92.6 Å². The van der Waals surface area contributed by atoms with Crippen LogP contribution in [0.5, 0.6) is 0 Å². The van der Waals surface area contributed by atoms with Crippen LogP contribution in [0.4, 0.5) is 74.6 Å². The Bertz CT molecular complexity index is 961. The number of hydrogen-bond donors (Lipinski definition) is 1. The second-order valence-electron chi connectivity index (χ2n) is 7.34. The average molecular weight is 627 g/mol. The van der Waals surface area contributed by atoms with Crippen LogP contribution in [0.15, 0.2) is 0 Å². The Morgan fingerprint density at radius 2 is 1.03 bits per heavy atom. The van der Waals surface area contributed by atoms with E-state index >= 15 is 0 Å². The molecule has 1 atom stereocenters. The van der Waals surface area contributed by atoms with Crippen LogP contribution in [-0.4, -0.2) is 74.5 Å². The summed E-state index contributed by atoms with van der Waals surface area (Å²) in [5.41, 5.74) is 0. The van der Waals surface area contributed by atoms with Crippen molar-refractivity contribution in [3.05, 3.63) is 0 Å². The van der Waals surface area contributed by atoms with Crippen LogP contribution in [0.2, 0.25) is 0 Å². The first-order chi connectivity index (χ1) is 16.4. The van der Waals surface area contributed by atoms with Gasteiger partial charge >= 0.3 is 52.9 Å². The first kappa shape index (κ1) is 36.2. The van der Waals surface area contributed by atoms with E-state index in [0.717, 1.165) is 0 Å². The molecule has 0 spiro atoms. The van der Waals surface area contributed by atoms with Crippen molar-refractivity contribution >= 4 is 16.0 Å². The van der Waals surface area contributed by atoms with Crippen molar-refractivity contribution in [2.24, 2.45) is 5.92 Å². The number of ether oxygens (including phenoxy) is 1. The summed E-state index contributed by atoms with van der Waals surface area (Å²) in [5, 5.41) is -7.66. The molecule has 1 unspecified atom stereocenters. The molecule has 0 aromatic heterocycles. The van der Waals surface area contributed by atoms with Crippen molar-refractivity contribution in [2.75, 3.05) is 13.2 Å². The molecule has 0 heterocycles. The van der Waals surface area contributed by atoms with Gasteiger partial charge in [-0.1, -0.05) is 13.8 Å². The van der Waals surface area contributed by atoms with E-state index in [-0.39, 0.29) is 6.42 Å². The van der Waals surface area contributed by atoms with E-state index in [4.69, 9.17) is 0 Å². The van der Waals surface area contributed by atoms with Gasteiger partial charge in [0.15, 0.2) is 0 Å². The maximum absolute atomic E-state index is 13.8. The number of sulfonamides is 1. The van der Waals surface area contributed by atoms with Crippen LogP contribution in [-0.2, 0) is 19.6 Å². The smallest absolute Gasteiger partial charge is 0.460 e. The van der Waals surface area contributed by atoms with E-state index in [2.05, 4.69) is 4.74 Å². The van der Waals surface area contributed by atoms with Crippen LogP contribution < -0.4 is 4.72 Å². The maximum Gasteiger partial charge on any atom is 0.460 e. The van der Waals surface area contributed by atoms with Gasteiger partial charge < -0.3 is 4.74 Å². The number of esters is 1. The predicted molar refractivity (Wildman–Crippen MR) is 88.0 cm³/mol. The molecular weight excluding hydrogens is 613 g/mol. The van der Waals surface area contributed by atoms with Crippen molar-refractivity contribution in [3.63, 3.8) is 0 Å². The van der Waals surface area contributed by atoms with Crippen molar-refractivity contribution in [3.8, 4) is 0 Å². The fraction of sp³-hybridized carbons (Fsp3) is 0.933.